The van der Waals surface area contributed by atoms with Crippen LogP contribution in [0.3, 0.4) is 0 Å². The summed E-state index contributed by atoms with van der Waals surface area (Å²) in [4.78, 5) is 0. The molecule has 104 valence electrons. The van der Waals surface area contributed by atoms with E-state index >= 15 is 0 Å². The van der Waals surface area contributed by atoms with Crippen LogP contribution in [0.4, 0.5) is 0 Å². The van der Waals surface area contributed by atoms with Gasteiger partial charge in [0, 0.05) is 6.04 Å². The normalized spacial score (nSPS) is 25.3. The van der Waals surface area contributed by atoms with E-state index in [1.165, 1.54) is 18.4 Å². The summed E-state index contributed by atoms with van der Waals surface area (Å²) in [5.41, 5.74) is 4.42. The smallest absolute Gasteiger partial charge is 0.122 e. The van der Waals surface area contributed by atoms with Crippen LogP contribution in [-0.2, 0) is 0 Å². The molecule has 2 aliphatic rings. The van der Waals surface area contributed by atoms with Gasteiger partial charge in [0.2, 0.25) is 0 Å². The van der Waals surface area contributed by atoms with E-state index in [4.69, 9.17) is 10.6 Å². The molecule has 1 aromatic carbocycles. The van der Waals surface area contributed by atoms with Crippen LogP contribution in [0.15, 0.2) is 24.3 Å². The summed E-state index contributed by atoms with van der Waals surface area (Å²) in [6, 6.07) is 8.86. The first-order valence-electron chi connectivity index (χ1n) is 7.47. The van der Waals surface area contributed by atoms with Crippen molar-refractivity contribution in [2.75, 3.05) is 6.61 Å². The van der Waals surface area contributed by atoms with Crippen LogP contribution in [0, 0.1) is 11.8 Å². The molecule has 3 heteroatoms. The van der Waals surface area contributed by atoms with Crippen LogP contribution in [0.2, 0.25) is 0 Å². The number of hydrogen-bond acceptors (Lipinski definition) is 3. The van der Waals surface area contributed by atoms with Crippen molar-refractivity contribution in [2.45, 2.75) is 44.6 Å². The molecule has 1 saturated carbocycles. The van der Waals surface area contributed by atoms with Gasteiger partial charge in [-0.15, -0.1) is 0 Å². The summed E-state index contributed by atoms with van der Waals surface area (Å²) in [5.74, 6) is 9.00. The van der Waals surface area contributed by atoms with Crippen LogP contribution in [-0.4, -0.2) is 12.6 Å². The standard InChI is InChI=1S/C16H24N2O/c1-11(12-6-7-12)15(18-17)10-13-8-9-19-16-5-3-2-4-14(13)16/h2-5,11-13,15,18H,6-10,17H2,1H3. The van der Waals surface area contributed by atoms with E-state index in [-0.39, 0.29) is 0 Å². The molecule has 1 fully saturated rings. The summed E-state index contributed by atoms with van der Waals surface area (Å²) in [7, 11) is 0. The van der Waals surface area contributed by atoms with E-state index in [0.29, 0.717) is 17.9 Å². The first-order chi connectivity index (χ1) is 9.29. The number of ether oxygens (including phenoxy) is 1. The molecule has 0 amide bonds. The van der Waals surface area contributed by atoms with Crippen LogP contribution >= 0.6 is 0 Å². The first-order valence-corrected chi connectivity index (χ1v) is 7.47. The number of nitrogens with one attached hydrogen (secondary N) is 1. The highest BCUT2D eigenvalue weighted by atomic mass is 16.5. The molecule has 0 saturated heterocycles. The van der Waals surface area contributed by atoms with Crippen molar-refractivity contribution in [1.82, 2.24) is 5.43 Å². The summed E-state index contributed by atoms with van der Waals surface area (Å²) >= 11 is 0. The summed E-state index contributed by atoms with van der Waals surface area (Å²) in [5, 5.41) is 0. The fourth-order valence-electron chi connectivity index (χ4n) is 3.35. The maximum atomic E-state index is 5.80. The summed E-state index contributed by atoms with van der Waals surface area (Å²) < 4.78 is 5.74. The Morgan fingerprint density at radius 3 is 2.84 bits per heavy atom. The topological polar surface area (TPSA) is 47.3 Å². The van der Waals surface area contributed by atoms with Crippen molar-refractivity contribution in [1.29, 1.82) is 0 Å². The van der Waals surface area contributed by atoms with Crippen molar-refractivity contribution < 1.29 is 4.74 Å². The predicted molar refractivity (Wildman–Crippen MR) is 76.9 cm³/mol. The van der Waals surface area contributed by atoms with Crippen molar-refractivity contribution >= 4 is 0 Å². The van der Waals surface area contributed by atoms with E-state index in [9.17, 15) is 0 Å². The van der Waals surface area contributed by atoms with E-state index in [1.807, 2.05) is 6.07 Å². The molecule has 3 unspecified atom stereocenters. The number of benzene rings is 1. The lowest BCUT2D eigenvalue weighted by atomic mass is 9.83. The number of hydrazine groups is 1. The lowest BCUT2D eigenvalue weighted by Gasteiger charge is -2.31. The molecular formula is C16H24N2O. The van der Waals surface area contributed by atoms with Gasteiger partial charge in [-0.1, -0.05) is 25.1 Å². The van der Waals surface area contributed by atoms with Gasteiger partial charge in [-0.3, -0.25) is 11.3 Å². The lowest BCUT2D eigenvalue weighted by Crippen LogP contribution is -2.42. The molecule has 1 heterocycles. The van der Waals surface area contributed by atoms with Gasteiger partial charge in [0.1, 0.15) is 5.75 Å². The number of hydrogen-bond donors (Lipinski definition) is 2. The molecule has 3 rings (SSSR count). The first kappa shape index (κ1) is 12.9. The Labute approximate surface area is 115 Å². The molecule has 19 heavy (non-hydrogen) atoms. The van der Waals surface area contributed by atoms with Gasteiger partial charge in [0.05, 0.1) is 6.61 Å². The number of nitrogens with two attached hydrogens (primary N) is 1. The molecule has 1 aromatic rings. The minimum absolute atomic E-state index is 0.420. The van der Waals surface area contributed by atoms with Crippen LogP contribution in [0.1, 0.15) is 44.1 Å². The quantitative estimate of drug-likeness (QED) is 0.632. The minimum Gasteiger partial charge on any atom is -0.493 e. The molecule has 1 aliphatic heterocycles. The largest absolute Gasteiger partial charge is 0.493 e. The lowest BCUT2D eigenvalue weighted by molar-refractivity contribution is 0.238. The molecular weight excluding hydrogens is 236 g/mol. The highest BCUT2D eigenvalue weighted by Gasteiger charge is 2.35. The predicted octanol–water partition coefficient (Wildman–Crippen LogP) is 2.82. The molecule has 3 N–H and O–H groups in total. The Kier molecular flexibility index (Phi) is 3.76. The monoisotopic (exact) mass is 260 g/mol. The van der Waals surface area contributed by atoms with Crippen LogP contribution in [0.5, 0.6) is 5.75 Å². The molecule has 3 atom stereocenters. The molecule has 0 bridgehead atoms. The van der Waals surface area contributed by atoms with Gasteiger partial charge in [0.25, 0.3) is 0 Å². The fourth-order valence-corrected chi connectivity index (χ4v) is 3.35. The zero-order valence-electron chi connectivity index (χ0n) is 11.6. The van der Waals surface area contributed by atoms with Crippen molar-refractivity contribution in [3.8, 4) is 5.75 Å². The van der Waals surface area contributed by atoms with Gasteiger partial charge < -0.3 is 4.74 Å². The number of fused-ring (bicyclic) bond motifs is 1. The van der Waals surface area contributed by atoms with Gasteiger partial charge in [0.15, 0.2) is 0 Å². The van der Waals surface area contributed by atoms with Gasteiger partial charge in [-0.25, -0.2) is 0 Å². The van der Waals surface area contributed by atoms with E-state index in [1.54, 1.807) is 0 Å². The Morgan fingerprint density at radius 2 is 2.11 bits per heavy atom. The Balaban J connectivity index is 1.72. The minimum atomic E-state index is 0.420. The van der Waals surface area contributed by atoms with Crippen LogP contribution < -0.4 is 16.0 Å². The maximum Gasteiger partial charge on any atom is 0.122 e. The summed E-state index contributed by atoms with van der Waals surface area (Å²) in [6.07, 6.45) is 4.98. The average Bonchev–Trinajstić information content (AvgIpc) is 3.28. The van der Waals surface area contributed by atoms with Gasteiger partial charge in [-0.2, -0.15) is 0 Å². The third-order valence-corrected chi connectivity index (χ3v) is 4.84. The third-order valence-electron chi connectivity index (χ3n) is 4.84. The van der Waals surface area contributed by atoms with Crippen molar-refractivity contribution in [2.24, 2.45) is 17.7 Å². The third kappa shape index (κ3) is 2.77. The summed E-state index contributed by atoms with van der Waals surface area (Å²) in [6.45, 7) is 3.17. The number of para-hydroxylation sites is 1. The fraction of sp³-hybridized carbons (Fsp3) is 0.625. The molecule has 1 aliphatic carbocycles. The average molecular weight is 260 g/mol. The second kappa shape index (κ2) is 5.51. The Bertz CT molecular complexity index is 431. The van der Waals surface area contributed by atoms with E-state index in [0.717, 1.165) is 31.1 Å². The van der Waals surface area contributed by atoms with Gasteiger partial charge in [-0.05, 0) is 55.1 Å². The SMILES string of the molecule is CC(C1CC1)C(CC1CCOc2ccccc21)NN. The Morgan fingerprint density at radius 1 is 1.32 bits per heavy atom. The molecule has 0 radical (unpaired) electrons. The van der Waals surface area contributed by atoms with Gasteiger partial charge >= 0.3 is 0 Å². The second-order valence-electron chi connectivity index (χ2n) is 6.08. The highest BCUT2D eigenvalue weighted by Crippen LogP contribution is 2.42. The molecule has 3 nitrogen and oxygen atoms in total. The van der Waals surface area contributed by atoms with Crippen LogP contribution in [0.25, 0.3) is 0 Å². The second-order valence-corrected chi connectivity index (χ2v) is 6.08. The highest BCUT2D eigenvalue weighted by molar-refractivity contribution is 5.37. The zero-order chi connectivity index (χ0) is 13.2. The zero-order valence-corrected chi connectivity index (χ0v) is 11.6. The molecule has 0 spiro atoms. The van der Waals surface area contributed by atoms with E-state index < -0.39 is 0 Å². The molecule has 0 aromatic heterocycles. The maximum absolute atomic E-state index is 5.80. The van der Waals surface area contributed by atoms with Crippen molar-refractivity contribution in [3.05, 3.63) is 29.8 Å². The Hall–Kier alpha value is -1.06. The van der Waals surface area contributed by atoms with Crippen molar-refractivity contribution in [3.63, 3.8) is 0 Å². The number of rotatable bonds is 5. The van der Waals surface area contributed by atoms with E-state index in [2.05, 4.69) is 30.5 Å².